The van der Waals surface area contributed by atoms with Crippen LogP contribution in [0.3, 0.4) is 0 Å². The molecule has 0 radical (unpaired) electrons. The molecule has 0 aromatic heterocycles. The van der Waals surface area contributed by atoms with E-state index in [0.29, 0.717) is 5.92 Å². The maximum Gasteiger partial charge on any atom is 0.0385 e. The van der Waals surface area contributed by atoms with Gasteiger partial charge in [-0.25, -0.2) is 0 Å². The maximum absolute atomic E-state index is 4.43. The summed E-state index contributed by atoms with van der Waals surface area (Å²) < 4.78 is 0. The Morgan fingerprint density at radius 2 is 2.00 bits per heavy atom. The van der Waals surface area contributed by atoms with E-state index < -0.39 is 0 Å². The van der Waals surface area contributed by atoms with Crippen LogP contribution in [0.5, 0.6) is 0 Å². The Morgan fingerprint density at radius 1 is 1.27 bits per heavy atom. The third-order valence-corrected chi connectivity index (χ3v) is 2.40. The zero-order valence-corrected chi connectivity index (χ0v) is 9.82. The molecule has 82 valence electrons. The monoisotopic (exact) mass is 203 g/mol. The van der Waals surface area contributed by atoms with Crippen molar-refractivity contribution in [3.63, 3.8) is 0 Å². The number of nitrogens with zero attached hydrogens (tertiary/aromatic N) is 1. The molecule has 0 spiro atoms. The highest BCUT2D eigenvalue weighted by Crippen LogP contribution is 2.06. The molecule has 1 aromatic rings. The van der Waals surface area contributed by atoms with Crippen molar-refractivity contribution in [2.45, 2.75) is 33.1 Å². The molecule has 0 heterocycles. The first-order valence-electron chi connectivity index (χ1n) is 5.86. The standard InChI is InChI=1S/C14H21N/c1-3-4-10-15-12-13(2)11-14-8-6-5-7-9-14/h5-9,12-13H,3-4,10-11H2,1-2H3. The van der Waals surface area contributed by atoms with E-state index in [1.807, 2.05) is 0 Å². The van der Waals surface area contributed by atoms with Gasteiger partial charge in [-0.15, -0.1) is 0 Å². The quantitative estimate of drug-likeness (QED) is 0.493. The average Bonchev–Trinajstić information content (AvgIpc) is 2.26. The molecule has 0 aliphatic heterocycles. The van der Waals surface area contributed by atoms with E-state index in [9.17, 15) is 0 Å². The molecule has 0 saturated carbocycles. The van der Waals surface area contributed by atoms with Gasteiger partial charge in [-0.05, 0) is 24.3 Å². The van der Waals surface area contributed by atoms with E-state index in [1.165, 1.54) is 18.4 Å². The summed E-state index contributed by atoms with van der Waals surface area (Å²) in [5.74, 6) is 0.546. The van der Waals surface area contributed by atoms with E-state index in [4.69, 9.17) is 0 Å². The summed E-state index contributed by atoms with van der Waals surface area (Å²) in [5, 5.41) is 0. The highest BCUT2D eigenvalue weighted by molar-refractivity contribution is 5.60. The van der Waals surface area contributed by atoms with Gasteiger partial charge in [-0.3, -0.25) is 4.99 Å². The number of rotatable bonds is 6. The second-order valence-electron chi connectivity index (χ2n) is 4.08. The van der Waals surface area contributed by atoms with Gasteiger partial charge in [0.2, 0.25) is 0 Å². The summed E-state index contributed by atoms with van der Waals surface area (Å²) in [6.07, 6.45) is 5.62. The minimum absolute atomic E-state index is 0.546. The van der Waals surface area contributed by atoms with Crippen LogP contribution in [0.2, 0.25) is 0 Å². The number of unbranched alkanes of at least 4 members (excludes halogenated alkanes) is 1. The van der Waals surface area contributed by atoms with Gasteiger partial charge in [0.05, 0.1) is 0 Å². The van der Waals surface area contributed by atoms with Gasteiger partial charge in [-0.2, -0.15) is 0 Å². The van der Waals surface area contributed by atoms with Gasteiger partial charge in [0.25, 0.3) is 0 Å². The predicted octanol–water partition coefficient (Wildman–Crippen LogP) is 3.74. The van der Waals surface area contributed by atoms with Crippen molar-refractivity contribution in [3.8, 4) is 0 Å². The number of hydrogen-bond donors (Lipinski definition) is 0. The largest absolute Gasteiger partial charge is 0.297 e. The van der Waals surface area contributed by atoms with Crippen molar-refractivity contribution in [2.75, 3.05) is 6.54 Å². The maximum atomic E-state index is 4.43. The van der Waals surface area contributed by atoms with Gasteiger partial charge in [0.15, 0.2) is 0 Å². The van der Waals surface area contributed by atoms with Crippen LogP contribution in [0.4, 0.5) is 0 Å². The Kier molecular flexibility index (Phi) is 5.76. The number of benzene rings is 1. The molecule has 0 aliphatic carbocycles. The fourth-order valence-electron chi connectivity index (χ4n) is 1.54. The predicted molar refractivity (Wildman–Crippen MR) is 67.6 cm³/mol. The van der Waals surface area contributed by atoms with Crippen LogP contribution in [0.1, 0.15) is 32.3 Å². The van der Waals surface area contributed by atoms with Gasteiger partial charge >= 0.3 is 0 Å². The zero-order chi connectivity index (χ0) is 10.9. The highest BCUT2D eigenvalue weighted by atomic mass is 14.7. The molecule has 1 rings (SSSR count). The van der Waals surface area contributed by atoms with E-state index >= 15 is 0 Å². The Bertz CT molecular complexity index is 277. The lowest BCUT2D eigenvalue weighted by Gasteiger charge is -2.05. The first kappa shape index (κ1) is 12.0. The molecule has 0 bridgehead atoms. The van der Waals surface area contributed by atoms with Crippen LogP contribution in [-0.4, -0.2) is 12.8 Å². The molecular formula is C14H21N. The van der Waals surface area contributed by atoms with Crippen molar-refractivity contribution >= 4 is 6.21 Å². The van der Waals surface area contributed by atoms with Crippen LogP contribution < -0.4 is 0 Å². The fourth-order valence-corrected chi connectivity index (χ4v) is 1.54. The normalized spacial score (nSPS) is 13.2. The SMILES string of the molecule is CCCCN=CC(C)Cc1ccccc1. The number of hydrogen-bond acceptors (Lipinski definition) is 1. The van der Waals surface area contributed by atoms with Crippen LogP contribution in [0.25, 0.3) is 0 Å². The molecule has 1 atom stereocenters. The topological polar surface area (TPSA) is 12.4 Å². The lowest BCUT2D eigenvalue weighted by Crippen LogP contribution is -2.01. The smallest absolute Gasteiger partial charge is 0.0385 e. The summed E-state index contributed by atoms with van der Waals surface area (Å²) in [4.78, 5) is 4.43. The van der Waals surface area contributed by atoms with Crippen LogP contribution in [0, 0.1) is 5.92 Å². The molecule has 15 heavy (non-hydrogen) atoms. The molecule has 1 aromatic carbocycles. The number of aliphatic imine (C=N–C) groups is 1. The second kappa shape index (κ2) is 7.22. The Balaban J connectivity index is 2.30. The van der Waals surface area contributed by atoms with E-state index in [1.54, 1.807) is 0 Å². The minimum Gasteiger partial charge on any atom is -0.297 e. The third kappa shape index (κ3) is 5.36. The average molecular weight is 203 g/mol. The first-order valence-corrected chi connectivity index (χ1v) is 5.86. The molecule has 1 nitrogen and oxygen atoms in total. The van der Waals surface area contributed by atoms with Crippen molar-refractivity contribution in [1.82, 2.24) is 0 Å². The highest BCUT2D eigenvalue weighted by Gasteiger charge is 1.98. The minimum atomic E-state index is 0.546. The second-order valence-corrected chi connectivity index (χ2v) is 4.08. The first-order chi connectivity index (χ1) is 7.33. The van der Waals surface area contributed by atoms with Gasteiger partial charge < -0.3 is 0 Å². The lowest BCUT2D eigenvalue weighted by atomic mass is 10.0. The summed E-state index contributed by atoms with van der Waals surface area (Å²) in [6.45, 7) is 5.40. The van der Waals surface area contributed by atoms with Crippen molar-refractivity contribution in [3.05, 3.63) is 35.9 Å². The van der Waals surface area contributed by atoms with Gasteiger partial charge in [0.1, 0.15) is 0 Å². The van der Waals surface area contributed by atoms with Gasteiger partial charge in [0, 0.05) is 12.8 Å². The summed E-state index contributed by atoms with van der Waals surface area (Å²) in [7, 11) is 0. The Hall–Kier alpha value is -1.11. The fraction of sp³-hybridized carbons (Fsp3) is 0.500. The van der Waals surface area contributed by atoms with Crippen molar-refractivity contribution < 1.29 is 0 Å². The molecule has 0 saturated heterocycles. The molecule has 0 aliphatic rings. The molecule has 1 unspecified atom stereocenters. The summed E-state index contributed by atoms with van der Waals surface area (Å²) in [5.41, 5.74) is 1.40. The van der Waals surface area contributed by atoms with Gasteiger partial charge in [-0.1, -0.05) is 50.6 Å². The molecule has 1 heteroatoms. The van der Waals surface area contributed by atoms with E-state index in [0.717, 1.165) is 13.0 Å². The summed E-state index contributed by atoms with van der Waals surface area (Å²) in [6, 6.07) is 10.6. The zero-order valence-electron chi connectivity index (χ0n) is 9.82. The Labute approximate surface area is 93.2 Å². The van der Waals surface area contributed by atoms with E-state index in [2.05, 4.69) is 55.4 Å². The van der Waals surface area contributed by atoms with Crippen molar-refractivity contribution in [2.24, 2.45) is 10.9 Å². The van der Waals surface area contributed by atoms with Crippen LogP contribution >= 0.6 is 0 Å². The third-order valence-electron chi connectivity index (χ3n) is 2.40. The Morgan fingerprint density at radius 3 is 2.67 bits per heavy atom. The molecule has 0 fully saturated rings. The van der Waals surface area contributed by atoms with Crippen LogP contribution in [-0.2, 0) is 6.42 Å². The lowest BCUT2D eigenvalue weighted by molar-refractivity contribution is 0.762. The molecule has 0 N–H and O–H groups in total. The molecular weight excluding hydrogens is 182 g/mol. The van der Waals surface area contributed by atoms with Crippen LogP contribution in [0.15, 0.2) is 35.3 Å². The summed E-state index contributed by atoms with van der Waals surface area (Å²) >= 11 is 0. The van der Waals surface area contributed by atoms with E-state index in [-0.39, 0.29) is 0 Å². The molecule has 0 amide bonds. The van der Waals surface area contributed by atoms with Crippen molar-refractivity contribution in [1.29, 1.82) is 0 Å².